The molecule has 1 amide bonds. The van der Waals surface area contributed by atoms with Crippen molar-refractivity contribution >= 4 is 5.91 Å². The Hall–Kier alpha value is -0.650. The van der Waals surface area contributed by atoms with E-state index >= 15 is 0 Å². The van der Waals surface area contributed by atoms with Gasteiger partial charge in [0.25, 0.3) is 0 Å². The van der Waals surface area contributed by atoms with Gasteiger partial charge in [-0.25, -0.2) is 0 Å². The highest BCUT2D eigenvalue weighted by atomic mass is 16.5. The van der Waals surface area contributed by atoms with Crippen molar-refractivity contribution in [3.63, 3.8) is 0 Å². The third-order valence-corrected chi connectivity index (χ3v) is 5.63. The Bertz CT molecular complexity index is 376. The molecular formula is C16H29N3O2. The summed E-state index contributed by atoms with van der Waals surface area (Å²) in [4.78, 5) is 18.0. The number of carbonyl (C=O) groups is 1. The fourth-order valence-corrected chi connectivity index (χ4v) is 4.38. The molecule has 3 rings (SSSR count). The zero-order valence-electron chi connectivity index (χ0n) is 13.4. The normalized spacial score (nSPS) is 33.0. The number of methoxy groups -OCH3 is 1. The average Bonchev–Trinajstić information content (AvgIpc) is 2.94. The SMILES string of the molecule is COCC1(C(=O)N2CC3CCCN3CC2C)CCNCC1. The van der Waals surface area contributed by atoms with Crippen LogP contribution in [0.15, 0.2) is 0 Å². The minimum atomic E-state index is -0.297. The third-order valence-electron chi connectivity index (χ3n) is 5.63. The van der Waals surface area contributed by atoms with Gasteiger partial charge >= 0.3 is 0 Å². The van der Waals surface area contributed by atoms with Gasteiger partial charge in [0, 0.05) is 32.3 Å². The van der Waals surface area contributed by atoms with Crippen molar-refractivity contribution in [2.45, 2.75) is 44.7 Å². The molecule has 0 aromatic carbocycles. The number of nitrogens with one attached hydrogen (secondary N) is 1. The lowest BCUT2D eigenvalue weighted by molar-refractivity contribution is -0.153. The number of amides is 1. The molecule has 0 radical (unpaired) electrons. The molecule has 3 aliphatic rings. The van der Waals surface area contributed by atoms with Gasteiger partial charge in [-0.15, -0.1) is 0 Å². The number of piperidine rings is 1. The first kappa shape index (κ1) is 15.3. The lowest BCUT2D eigenvalue weighted by atomic mass is 9.77. The number of fused-ring (bicyclic) bond motifs is 1. The van der Waals surface area contributed by atoms with Crippen molar-refractivity contribution in [2.24, 2.45) is 5.41 Å². The van der Waals surface area contributed by atoms with Gasteiger partial charge in [-0.2, -0.15) is 0 Å². The molecule has 0 aromatic heterocycles. The first-order valence-electron chi connectivity index (χ1n) is 8.41. The topological polar surface area (TPSA) is 44.8 Å². The van der Waals surface area contributed by atoms with Crippen LogP contribution >= 0.6 is 0 Å². The number of carbonyl (C=O) groups excluding carboxylic acids is 1. The summed E-state index contributed by atoms with van der Waals surface area (Å²) in [5.74, 6) is 0.338. The van der Waals surface area contributed by atoms with Crippen LogP contribution in [0.25, 0.3) is 0 Å². The van der Waals surface area contributed by atoms with Gasteiger partial charge in [0.2, 0.25) is 5.91 Å². The van der Waals surface area contributed by atoms with E-state index in [1.54, 1.807) is 7.11 Å². The molecule has 0 saturated carbocycles. The van der Waals surface area contributed by atoms with E-state index in [9.17, 15) is 4.79 Å². The molecule has 3 aliphatic heterocycles. The molecule has 0 aliphatic carbocycles. The van der Waals surface area contributed by atoms with E-state index < -0.39 is 0 Å². The van der Waals surface area contributed by atoms with E-state index in [2.05, 4.69) is 22.0 Å². The molecule has 120 valence electrons. The Morgan fingerprint density at radius 3 is 2.81 bits per heavy atom. The summed E-state index contributed by atoms with van der Waals surface area (Å²) >= 11 is 0. The monoisotopic (exact) mass is 295 g/mol. The Kier molecular flexibility index (Phi) is 4.52. The third kappa shape index (κ3) is 2.83. The van der Waals surface area contributed by atoms with Crippen LogP contribution in [0.2, 0.25) is 0 Å². The largest absolute Gasteiger partial charge is 0.384 e. The molecule has 2 unspecified atom stereocenters. The second kappa shape index (κ2) is 6.23. The van der Waals surface area contributed by atoms with Crippen LogP contribution in [-0.4, -0.2) is 74.2 Å². The molecule has 5 heteroatoms. The lowest BCUT2D eigenvalue weighted by Crippen LogP contribution is -2.61. The molecule has 0 bridgehead atoms. The molecule has 21 heavy (non-hydrogen) atoms. The molecule has 3 fully saturated rings. The zero-order valence-corrected chi connectivity index (χ0v) is 13.4. The van der Waals surface area contributed by atoms with Crippen LogP contribution in [0, 0.1) is 5.41 Å². The number of nitrogens with zero attached hydrogens (tertiary/aromatic N) is 2. The molecule has 3 saturated heterocycles. The second-order valence-electron chi connectivity index (χ2n) is 7.06. The van der Waals surface area contributed by atoms with Gasteiger partial charge < -0.3 is 15.0 Å². The summed E-state index contributed by atoms with van der Waals surface area (Å²) in [7, 11) is 1.72. The predicted octanol–water partition coefficient (Wildman–Crippen LogP) is 0.698. The fourth-order valence-electron chi connectivity index (χ4n) is 4.38. The molecule has 0 spiro atoms. The summed E-state index contributed by atoms with van der Waals surface area (Å²) in [5, 5.41) is 3.37. The second-order valence-corrected chi connectivity index (χ2v) is 7.06. The number of hydrogen-bond donors (Lipinski definition) is 1. The highest BCUT2D eigenvalue weighted by molar-refractivity contribution is 5.83. The molecule has 5 nitrogen and oxygen atoms in total. The number of ether oxygens (including phenoxy) is 1. The highest BCUT2D eigenvalue weighted by Crippen LogP contribution is 2.34. The van der Waals surface area contributed by atoms with Crippen LogP contribution in [-0.2, 0) is 9.53 Å². The maximum Gasteiger partial charge on any atom is 0.231 e. The Balaban J connectivity index is 1.75. The number of rotatable bonds is 3. The van der Waals surface area contributed by atoms with E-state index in [1.165, 1.54) is 19.4 Å². The molecule has 1 N–H and O–H groups in total. The molecule has 0 aromatic rings. The van der Waals surface area contributed by atoms with E-state index in [-0.39, 0.29) is 5.41 Å². The number of hydrogen-bond acceptors (Lipinski definition) is 4. The summed E-state index contributed by atoms with van der Waals surface area (Å²) in [6.07, 6.45) is 4.33. The number of piperazine rings is 1. The minimum Gasteiger partial charge on any atom is -0.384 e. The Morgan fingerprint density at radius 1 is 1.33 bits per heavy atom. The van der Waals surface area contributed by atoms with Gasteiger partial charge in [0.05, 0.1) is 12.0 Å². The summed E-state index contributed by atoms with van der Waals surface area (Å²) in [6.45, 7) is 7.78. The smallest absolute Gasteiger partial charge is 0.231 e. The van der Waals surface area contributed by atoms with Gasteiger partial charge in [0.1, 0.15) is 0 Å². The average molecular weight is 295 g/mol. The van der Waals surface area contributed by atoms with Crippen LogP contribution in [0.5, 0.6) is 0 Å². The van der Waals surface area contributed by atoms with Crippen LogP contribution < -0.4 is 5.32 Å². The van der Waals surface area contributed by atoms with Gasteiger partial charge in [-0.3, -0.25) is 9.69 Å². The molecular weight excluding hydrogens is 266 g/mol. The van der Waals surface area contributed by atoms with Crippen LogP contribution in [0.1, 0.15) is 32.6 Å². The Labute approximate surface area is 128 Å². The molecule has 2 atom stereocenters. The van der Waals surface area contributed by atoms with E-state index in [1.807, 2.05) is 0 Å². The lowest BCUT2D eigenvalue weighted by Gasteiger charge is -2.47. The van der Waals surface area contributed by atoms with Crippen molar-refractivity contribution < 1.29 is 9.53 Å². The van der Waals surface area contributed by atoms with E-state index in [0.717, 1.165) is 39.0 Å². The van der Waals surface area contributed by atoms with Crippen molar-refractivity contribution in [3.8, 4) is 0 Å². The van der Waals surface area contributed by atoms with Crippen molar-refractivity contribution in [3.05, 3.63) is 0 Å². The standard InChI is InChI=1S/C16H29N3O2/c1-13-10-18-9-3-4-14(18)11-19(13)15(20)16(12-21-2)5-7-17-8-6-16/h13-14,17H,3-12H2,1-2H3. The predicted molar refractivity (Wildman–Crippen MR) is 82.2 cm³/mol. The van der Waals surface area contributed by atoms with Gasteiger partial charge in [-0.05, 0) is 52.2 Å². The zero-order chi connectivity index (χ0) is 14.9. The van der Waals surface area contributed by atoms with Gasteiger partial charge in [-0.1, -0.05) is 0 Å². The maximum absolute atomic E-state index is 13.3. The quantitative estimate of drug-likeness (QED) is 0.832. The Morgan fingerprint density at radius 2 is 2.10 bits per heavy atom. The van der Waals surface area contributed by atoms with Crippen LogP contribution in [0.3, 0.4) is 0 Å². The fraction of sp³-hybridized carbons (Fsp3) is 0.938. The molecule has 3 heterocycles. The van der Waals surface area contributed by atoms with Crippen molar-refractivity contribution in [1.82, 2.24) is 15.1 Å². The summed E-state index contributed by atoms with van der Waals surface area (Å²) in [5.41, 5.74) is -0.297. The maximum atomic E-state index is 13.3. The van der Waals surface area contributed by atoms with Gasteiger partial charge in [0.15, 0.2) is 0 Å². The highest BCUT2D eigenvalue weighted by Gasteiger charge is 2.46. The first-order valence-corrected chi connectivity index (χ1v) is 8.41. The van der Waals surface area contributed by atoms with Crippen molar-refractivity contribution in [2.75, 3.05) is 46.4 Å². The summed E-state index contributed by atoms with van der Waals surface area (Å²) < 4.78 is 5.43. The van der Waals surface area contributed by atoms with Crippen molar-refractivity contribution in [1.29, 1.82) is 0 Å². The van der Waals surface area contributed by atoms with E-state index in [0.29, 0.717) is 24.6 Å². The minimum absolute atomic E-state index is 0.297. The first-order chi connectivity index (χ1) is 10.2. The van der Waals surface area contributed by atoms with Crippen LogP contribution in [0.4, 0.5) is 0 Å². The summed E-state index contributed by atoms with van der Waals surface area (Å²) in [6, 6.07) is 0.918. The van der Waals surface area contributed by atoms with E-state index in [4.69, 9.17) is 4.74 Å².